The number of nitrogens with zero attached hydrogens (tertiary/aromatic N) is 6. The Morgan fingerprint density at radius 3 is 2.50 bits per heavy atom. The maximum Gasteiger partial charge on any atom is 0.257 e. The number of carbonyl (C=O) groups is 1. The van der Waals surface area contributed by atoms with Crippen LogP contribution in [0.1, 0.15) is 76.0 Å². The van der Waals surface area contributed by atoms with Crippen molar-refractivity contribution in [3.05, 3.63) is 65.6 Å². The smallest absolute Gasteiger partial charge is 0.257 e. The Hall–Kier alpha value is -3.87. The van der Waals surface area contributed by atoms with Crippen LogP contribution in [0.25, 0.3) is 0 Å². The number of halogens is 1. The molecule has 1 aromatic carbocycles. The Kier molecular flexibility index (Phi) is 13.0. The topological polar surface area (TPSA) is 105 Å². The number of morpholine rings is 1. The van der Waals surface area contributed by atoms with Crippen molar-refractivity contribution >= 4 is 11.7 Å². The molecule has 1 amide bonds. The number of carbonyl (C=O) groups excluding carboxylic acids is 1. The number of amides is 1. The van der Waals surface area contributed by atoms with Crippen LogP contribution in [0.2, 0.25) is 0 Å². The Balaban J connectivity index is 0.000000543. The van der Waals surface area contributed by atoms with Crippen molar-refractivity contribution in [1.82, 2.24) is 30.1 Å². The second kappa shape index (κ2) is 17.4. The molecule has 0 radical (unpaired) electrons. The van der Waals surface area contributed by atoms with Gasteiger partial charge in [0.2, 0.25) is 0 Å². The highest BCUT2D eigenvalue weighted by atomic mass is 19.1. The molecule has 1 spiro atoms. The van der Waals surface area contributed by atoms with Crippen molar-refractivity contribution in [2.45, 2.75) is 79.5 Å². The minimum atomic E-state index is -0.489. The number of anilines is 1. The van der Waals surface area contributed by atoms with Crippen LogP contribution < -0.4 is 19.7 Å². The zero-order valence-corrected chi connectivity index (χ0v) is 30.6. The van der Waals surface area contributed by atoms with Crippen LogP contribution in [0.15, 0.2) is 43.0 Å². The molecule has 4 aliphatic rings. The minimum absolute atomic E-state index is 0.0307. The molecule has 1 N–H and O–H groups in total. The Labute approximate surface area is 296 Å². The number of hydrogen-bond donors (Lipinski definition) is 1. The Morgan fingerprint density at radius 2 is 1.86 bits per heavy atom. The van der Waals surface area contributed by atoms with Crippen LogP contribution in [0.3, 0.4) is 0 Å². The molecule has 7 rings (SSSR count). The lowest BCUT2D eigenvalue weighted by molar-refractivity contribution is -0.0352. The van der Waals surface area contributed by atoms with E-state index in [-0.39, 0.29) is 34.8 Å². The third kappa shape index (κ3) is 8.70. The van der Waals surface area contributed by atoms with E-state index in [0.717, 1.165) is 89.7 Å². The quantitative estimate of drug-likeness (QED) is 0.299. The largest absolute Gasteiger partial charge is 0.490 e. The van der Waals surface area contributed by atoms with Gasteiger partial charge in [-0.15, -0.1) is 0 Å². The second-order valence-corrected chi connectivity index (χ2v) is 13.4. The van der Waals surface area contributed by atoms with E-state index in [2.05, 4.69) is 37.0 Å². The zero-order chi connectivity index (χ0) is 35.7. The Morgan fingerprint density at radius 1 is 1.10 bits per heavy atom. The van der Waals surface area contributed by atoms with Crippen molar-refractivity contribution in [3.8, 4) is 17.2 Å². The van der Waals surface area contributed by atoms with Crippen molar-refractivity contribution in [1.29, 1.82) is 0 Å². The maximum atomic E-state index is 14.2. The fourth-order valence-corrected chi connectivity index (χ4v) is 7.10. The third-order valence-electron chi connectivity index (χ3n) is 9.68. The normalized spacial score (nSPS) is 18.0. The second-order valence-electron chi connectivity index (χ2n) is 13.4. The summed E-state index contributed by atoms with van der Waals surface area (Å²) in [6, 6.07) is 6.01. The summed E-state index contributed by atoms with van der Waals surface area (Å²) in [5.41, 5.74) is 2.76. The van der Waals surface area contributed by atoms with Crippen LogP contribution in [-0.4, -0.2) is 102 Å². The van der Waals surface area contributed by atoms with Gasteiger partial charge in [-0.05, 0) is 64.4 Å². The average Bonchev–Trinajstić information content (AvgIpc) is 3.11. The van der Waals surface area contributed by atoms with Gasteiger partial charge in [0, 0.05) is 81.1 Å². The van der Waals surface area contributed by atoms with Gasteiger partial charge in [0.1, 0.15) is 29.7 Å². The molecule has 0 bridgehead atoms. The minimum Gasteiger partial charge on any atom is -0.490 e. The molecular weight excluding hydrogens is 637 g/mol. The monoisotopic (exact) mass is 691 g/mol. The summed E-state index contributed by atoms with van der Waals surface area (Å²) in [4.78, 5) is 32.9. The maximum absolute atomic E-state index is 14.2. The summed E-state index contributed by atoms with van der Waals surface area (Å²) < 4.78 is 32.0. The summed E-state index contributed by atoms with van der Waals surface area (Å²) in [6.45, 7) is 21.0. The van der Waals surface area contributed by atoms with Crippen molar-refractivity contribution in [2.75, 3.05) is 63.9 Å². The molecule has 3 aromatic rings. The Bertz CT molecular complexity index is 1540. The number of rotatable bonds is 9. The number of fused-ring (bicyclic) bond motifs is 1. The number of ether oxygens (including phenoxy) is 3. The van der Waals surface area contributed by atoms with Crippen molar-refractivity contribution in [3.63, 3.8) is 0 Å². The first kappa shape index (κ1) is 37.4. The van der Waals surface area contributed by atoms with E-state index in [9.17, 15) is 9.18 Å². The molecule has 3 aliphatic heterocycles. The molecule has 1 saturated carbocycles. The van der Waals surface area contributed by atoms with E-state index in [1.165, 1.54) is 30.1 Å². The molecule has 1 aliphatic carbocycles. The van der Waals surface area contributed by atoms with Gasteiger partial charge in [0.05, 0.1) is 25.0 Å². The van der Waals surface area contributed by atoms with Gasteiger partial charge in [-0.1, -0.05) is 20.8 Å². The molecule has 0 unspecified atom stereocenters. The van der Waals surface area contributed by atoms with E-state index in [1.807, 2.05) is 46.9 Å². The molecule has 5 heterocycles. The van der Waals surface area contributed by atoms with Gasteiger partial charge < -0.3 is 29.3 Å². The number of pyridine rings is 1. The highest BCUT2D eigenvalue weighted by molar-refractivity contribution is 5.97. The number of hydrogen-bond acceptors (Lipinski definition) is 10. The van der Waals surface area contributed by atoms with Gasteiger partial charge >= 0.3 is 0 Å². The summed E-state index contributed by atoms with van der Waals surface area (Å²) in [5, 5.41) is 3.16. The lowest BCUT2D eigenvalue weighted by atomic mass is 9.61. The van der Waals surface area contributed by atoms with Crippen LogP contribution in [-0.2, 0) is 17.7 Å². The predicted molar refractivity (Wildman–Crippen MR) is 193 cm³/mol. The van der Waals surface area contributed by atoms with E-state index >= 15 is 0 Å². The SMILES string of the molecule is C1COCCN1.CC.CCN1CCc2nccc(OC3CC4(C3)CN(c3ncncc3Oc3ccc(F)cc3C(=O)N(CC)C(C)C)C4)c2C1. The van der Waals surface area contributed by atoms with Gasteiger partial charge in [-0.25, -0.2) is 14.4 Å². The standard InChI is InChI=1S/C32H39FN6O3.C4H9NO.C2H6/c1-5-37-12-10-26-25(17-37)28(9-11-35-26)41-23-14-32(15-23)18-38(19-32)30-29(16-34-20-36-30)42-27-8-7-22(33)13-24(27)31(40)39(6-2)21(3)4;1-3-6-4-2-5-1;1-2/h7-9,11,13,16,20-21,23H,5-6,10,12,14-15,17-19H2,1-4H3;5H,1-4H2;1-2H3. The highest BCUT2D eigenvalue weighted by Crippen LogP contribution is 2.52. The fourth-order valence-electron chi connectivity index (χ4n) is 7.10. The van der Waals surface area contributed by atoms with Crippen molar-refractivity contribution in [2.24, 2.45) is 5.41 Å². The third-order valence-corrected chi connectivity index (χ3v) is 9.68. The number of likely N-dealkylation sites (N-methyl/N-ethyl adjacent to an activating group) is 1. The van der Waals surface area contributed by atoms with E-state index in [4.69, 9.17) is 14.2 Å². The first-order valence-electron chi connectivity index (χ1n) is 18.3. The fraction of sp³-hybridized carbons (Fsp3) is 0.579. The molecule has 0 atom stereocenters. The van der Waals surface area contributed by atoms with Crippen molar-refractivity contribution < 1.29 is 23.4 Å². The molecule has 12 heteroatoms. The average molecular weight is 692 g/mol. The number of benzene rings is 1. The van der Waals surface area contributed by atoms with Crippen LogP contribution >= 0.6 is 0 Å². The molecule has 50 heavy (non-hydrogen) atoms. The molecule has 11 nitrogen and oxygen atoms in total. The summed E-state index contributed by atoms with van der Waals surface area (Å²) in [7, 11) is 0. The van der Waals surface area contributed by atoms with Gasteiger partial charge in [0.15, 0.2) is 11.6 Å². The number of nitrogens with one attached hydrogen (secondary N) is 1. The summed E-state index contributed by atoms with van der Waals surface area (Å²) in [5.74, 6) is 1.60. The first-order chi connectivity index (χ1) is 24.3. The van der Waals surface area contributed by atoms with Crippen LogP contribution in [0.4, 0.5) is 10.2 Å². The van der Waals surface area contributed by atoms with E-state index in [1.54, 1.807) is 11.1 Å². The summed E-state index contributed by atoms with van der Waals surface area (Å²) in [6.07, 6.45) is 8.09. The zero-order valence-electron chi connectivity index (χ0n) is 30.6. The van der Waals surface area contributed by atoms with Crippen LogP contribution in [0, 0.1) is 11.2 Å². The lowest BCUT2D eigenvalue weighted by Gasteiger charge is -2.59. The highest BCUT2D eigenvalue weighted by Gasteiger charge is 2.54. The van der Waals surface area contributed by atoms with Crippen LogP contribution in [0.5, 0.6) is 17.2 Å². The van der Waals surface area contributed by atoms with Gasteiger partial charge in [0.25, 0.3) is 5.91 Å². The lowest BCUT2D eigenvalue weighted by Crippen LogP contribution is -2.65. The number of aromatic nitrogens is 3. The van der Waals surface area contributed by atoms with E-state index in [0.29, 0.717) is 18.1 Å². The molecule has 2 aromatic heterocycles. The molecule has 3 fully saturated rings. The van der Waals surface area contributed by atoms with Gasteiger partial charge in [-0.2, -0.15) is 0 Å². The molecule has 2 saturated heterocycles. The predicted octanol–water partition coefficient (Wildman–Crippen LogP) is 5.73. The molecular formula is C38H54FN7O4. The van der Waals surface area contributed by atoms with E-state index < -0.39 is 5.82 Å². The summed E-state index contributed by atoms with van der Waals surface area (Å²) >= 11 is 0. The first-order valence-corrected chi connectivity index (χ1v) is 18.3. The van der Waals surface area contributed by atoms with Gasteiger partial charge in [-0.3, -0.25) is 14.7 Å². The molecule has 272 valence electrons.